The molecule has 0 aliphatic carbocycles. The molecule has 2 fully saturated rings. The van der Waals surface area contributed by atoms with Gasteiger partial charge in [-0.2, -0.15) is 0 Å². The predicted molar refractivity (Wildman–Crippen MR) is 377 cm³/mol. The number of carbonyl (C=O) groups excluding carboxylic acids is 2. The van der Waals surface area contributed by atoms with Crippen LogP contribution in [0.15, 0.2) is 71.9 Å². The molecule has 5 heterocycles. The predicted octanol–water partition coefficient (Wildman–Crippen LogP) is 10.1. The Hall–Kier alpha value is -3.26. The Morgan fingerprint density at radius 2 is 0.806 bits per heavy atom. The lowest BCUT2D eigenvalue weighted by Gasteiger charge is -2.38. The number of ether oxygens (including phenoxy) is 10. The van der Waals surface area contributed by atoms with E-state index in [2.05, 4.69) is 0 Å². The summed E-state index contributed by atoms with van der Waals surface area (Å²) < 4.78 is 61.3. The van der Waals surface area contributed by atoms with E-state index in [1.54, 1.807) is 54.4 Å². The molecule has 0 spiro atoms. The summed E-state index contributed by atoms with van der Waals surface area (Å²) in [5.41, 5.74) is 1.39. The smallest absolute Gasteiger partial charge is 0.331 e. The summed E-state index contributed by atoms with van der Waals surface area (Å²) in [4.78, 5) is 27.8. The van der Waals surface area contributed by atoms with E-state index < -0.39 is 133 Å². The van der Waals surface area contributed by atoms with E-state index in [0.717, 1.165) is 25.7 Å². The maximum atomic E-state index is 13.9. The molecule has 5 aliphatic heterocycles. The molecule has 5 aliphatic rings. The lowest BCUT2D eigenvalue weighted by atomic mass is 9.78. The Bertz CT molecular complexity index is 2320. The van der Waals surface area contributed by atoms with Crippen molar-refractivity contribution >= 4 is 11.9 Å². The minimum atomic E-state index is -1.16. The van der Waals surface area contributed by atoms with Gasteiger partial charge in [-0.3, -0.25) is 0 Å². The summed E-state index contributed by atoms with van der Waals surface area (Å²) in [6.45, 7) is 22.5. The topological polar surface area (TPSA) is 288 Å². The molecule has 0 amide bonds. The Labute approximate surface area is 587 Å². The average Bonchev–Trinajstić information content (AvgIpc) is 0.853. The van der Waals surface area contributed by atoms with Crippen LogP contribution in [-0.4, -0.2) is 216 Å². The van der Waals surface area contributed by atoms with Crippen LogP contribution in [0.25, 0.3) is 0 Å². The number of hydrogen-bond acceptors (Lipinski definition) is 20. The summed E-state index contributed by atoms with van der Waals surface area (Å²) >= 11 is 0. The molecule has 20 heteroatoms. The van der Waals surface area contributed by atoms with Crippen LogP contribution in [-0.2, 0) is 57.0 Å². The third-order valence-electron chi connectivity index (χ3n) is 22.3. The van der Waals surface area contributed by atoms with Crippen LogP contribution in [0.2, 0.25) is 0 Å². The number of allylic oxidation sites excluding steroid dienone is 4. The first-order valence-corrected chi connectivity index (χ1v) is 37.1. The van der Waals surface area contributed by atoms with Gasteiger partial charge in [0.1, 0.15) is 12.2 Å². The van der Waals surface area contributed by atoms with Crippen molar-refractivity contribution in [3.8, 4) is 0 Å². The van der Waals surface area contributed by atoms with Crippen molar-refractivity contribution in [2.24, 2.45) is 47.3 Å². The van der Waals surface area contributed by atoms with Crippen molar-refractivity contribution in [3.63, 3.8) is 0 Å². The number of aliphatic hydroxyl groups excluding tert-OH is 8. The standard InChI is InChI=1S/C78H132O20/c1-45-23-29-57(79)37-59-19-17-21-61(95-59)41-71(91-15)52(8)68(82)44-70(84)54(10)78(56(12)76(88)48(4)28-32-64-40-66(90-14)36-50(6)94-64)98-74(86)34-26-46(2)24-30-58(80)38-60-20-18-22-62(96-60)42-72(92-16)51(7)67(81)43-69(83)53(9)77(97-73(85)33-25-45)55(11)75(87)47(3)27-31-63-39-65(89-13)35-49(5)93-63/h17-20,23-26,33-34,47-72,75-84,87-88H,21-22,27-32,35-44H2,1-16H3/b33-25+,34-26+,45-23+,46-24+/t47-,48-,49-,50-,51-,52-,53-,54-,55-,56-,57-,58-,59-,60+,61-,62-,63-,64-,65+,66+,67-,68-,69+,70+,71-,72-,75-,76-,77-,78-/m0/s1. The van der Waals surface area contributed by atoms with Crippen LogP contribution in [0.1, 0.15) is 199 Å². The highest BCUT2D eigenvalue weighted by molar-refractivity contribution is 5.83. The molecule has 0 aromatic heterocycles. The van der Waals surface area contributed by atoms with Crippen molar-refractivity contribution in [3.05, 3.63) is 71.9 Å². The van der Waals surface area contributed by atoms with Gasteiger partial charge in [-0.25, -0.2) is 9.59 Å². The zero-order valence-electron chi connectivity index (χ0n) is 62.3. The molecule has 5 rings (SSSR count). The van der Waals surface area contributed by atoms with E-state index >= 15 is 0 Å². The fraction of sp³-hybridized carbons (Fsp3) is 0.821. The minimum Gasteiger partial charge on any atom is -0.458 e. The molecular weight excluding hydrogens is 1260 g/mol. The lowest BCUT2D eigenvalue weighted by Crippen LogP contribution is -2.45. The van der Waals surface area contributed by atoms with Gasteiger partial charge in [0.15, 0.2) is 0 Å². The number of cyclic esters (lactones) is 2. The van der Waals surface area contributed by atoms with Crippen LogP contribution in [0.4, 0.5) is 0 Å². The number of hydrogen-bond donors (Lipinski definition) is 8. The molecule has 0 unspecified atom stereocenters. The molecule has 30 atom stereocenters. The van der Waals surface area contributed by atoms with Gasteiger partial charge in [-0.05, 0) is 129 Å². The first-order chi connectivity index (χ1) is 46.4. The normalized spacial score (nSPS) is 41.1. The third kappa shape index (κ3) is 28.1. The van der Waals surface area contributed by atoms with Crippen molar-refractivity contribution in [1.82, 2.24) is 0 Å². The second-order valence-electron chi connectivity index (χ2n) is 30.3. The Morgan fingerprint density at radius 1 is 0.449 bits per heavy atom. The molecule has 98 heavy (non-hydrogen) atoms. The first-order valence-electron chi connectivity index (χ1n) is 37.1. The third-order valence-corrected chi connectivity index (χ3v) is 22.3. The van der Waals surface area contributed by atoms with Gasteiger partial charge in [0, 0.05) is 102 Å². The highest BCUT2D eigenvalue weighted by Gasteiger charge is 2.42. The van der Waals surface area contributed by atoms with E-state index in [9.17, 15) is 50.4 Å². The number of aliphatic hydroxyl groups is 8. The van der Waals surface area contributed by atoms with Crippen LogP contribution in [0.5, 0.6) is 0 Å². The first kappa shape index (κ1) is 85.4. The fourth-order valence-electron chi connectivity index (χ4n) is 15.3. The highest BCUT2D eigenvalue weighted by Crippen LogP contribution is 2.37. The quantitative estimate of drug-likeness (QED) is 0.0527. The molecule has 0 aromatic carbocycles. The number of fused-ring (bicyclic) bond motifs is 4. The van der Waals surface area contributed by atoms with E-state index in [1.807, 2.05) is 106 Å². The van der Waals surface area contributed by atoms with Gasteiger partial charge >= 0.3 is 11.9 Å². The fourth-order valence-corrected chi connectivity index (χ4v) is 15.3. The van der Waals surface area contributed by atoms with Crippen LogP contribution in [0, 0.1) is 47.3 Å². The number of methoxy groups -OCH3 is 4. The zero-order chi connectivity index (χ0) is 72.5. The van der Waals surface area contributed by atoms with E-state index in [-0.39, 0.29) is 99.2 Å². The van der Waals surface area contributed by atoms with Crippen LogP contribution in [0.3, 0.4) is 0 Å². The van der Waals surface area contributed by atoms with Gasteiger partial charge in [-0.15, -0.1) is 0 Å². The van der Waals surface area contributed by atoms with Crippen molar-refractivity contribution in [1.29, 1.82) is 0 Å². The molecule has 0 saturated carbocycles. The van der Waals surface area contributed by atoms with Crippen LogP contribution < -0.4 is 0 Å². The SMILES string of the molecule is CO[C@H]1C[C@H](CC[C@H](C)[C@H](O)[C@H](C)[C@H]2OC(=O)/C=C/C(C)=C/C[C@H](O)C[C@@H]3C=CC[C@@H](C[C@H](OC)[C@@H](C)[C@@H](O)C[C@@H](O)[C@H](C)[C@@H]([C@@H](C)[C@@H](O)[C@@H](C)CC[C@H]4C[C@H](OC)C[C@H](C)O4)OC(=O)/C=C/C(C)=C/C[C@H](O)C[C@H]4C=CC[C@@H](C[C@H](OC)[C@@H](C)[C@@H](O)C[C@@H](O)[C@@H]2C)O4)O3)O[C@@H](C)C1. The molecule has 20 nitrogen and oxygen atoms in total. The number of rotatable bonds is 16. The van der Waals surface area contributed by atoms with Crippen molar-refractivity contribution < 1.29 is 97.8 Å². The van der Waals surface area contributed by atoms with Gasteiger partial charge < -0.3 is 88.2 Å². The molecule has 4 bridgehead atoms. The molecule has 2 saturated heterocycles. The maximum absolute atomic E-state index is 13.9. The van der Waals surface area contributed by atoms with E-state index in [1.165, 1.54) is 12.2 Å². The summed E-state index contributed by atoms with van der Waals surface area (Å²) in [5.74, 6) is -5.50. The summed E-state index contributed by atoms with van der Waals surface area (Å²) in [6.07, 6.45) is 14.1. The number of carbonyl (C=O) groups is 2. The second-order valence-corrected chi connectivity index (χ2v) is 30.3. The van der Waals surface area contributed by atoms with Crippen LogP contribution >= 0.6 is 0 Å². The van der Waals surface area contributed by atoms with Crippen molar-refractivity contribution in [2.75, 3.05) is 28.4 Å². The zero-order valence-corrected chi connectivity index (χ0v) is 62.3. The monoisotopic (exact) mass is 1390 g/mol. The van der Waals surface area contributed by atoms with Gasteiger partial charge in [0.25, 0.3) is 0 Å². The van der Waals surface area contributed by atoms with E-state index in [4.69, 9.17) is 47.4 Å². The lowest BCUT2D eigenvalue weighted by molar-refractivity contribution is -0.158. The van der Waals surface area contributed by atoms with E-state index in [0.29, 0.717) is 62.5 Å². The van der Waals surface area contributed by atoms with Gasteiger partial charge in [0.05, 0.1) is 122 Å². The maximum Gasteiger partial charge on any atom is 0.331 e. The number of esters is 2. The summed E-state index contributed by atoms with van der Waals surface area (Å²) in [7, 11) is 6.58. The molecule has 564 valence electrons. The van der Waals surface area contributed by atoms with Gasteiger partial charge in [0.2, 0.25) is 0 Å². The van der Waals surface area contributed by atoms with Gasteiger partial charge in [-0.1, -0.05) is 115 Å². The molecule has 0 aromatic rings. The average molecular weight is 1390 g/mol. The molecule has 0 radical (unpaired) electrons. The summed E-state index contributed by atoms with van der Waals surface area (Å²) in [5, 5.41) is 94.4. The Kier molecular flexibility index (Phi) is 37.6. The highest BCUT2D eigenvalue weighted by atomic mass is 16.6. The molecule has 8 N–H and O–H groups in total. The Balaban J connectivity index is 1.36. The minimum absolute atomic E-state index is 0.0293. The second kappa shape index (κ2) is 43.1. The summed E-state index contributed by atoms with van der Waals surface area (Å²) in [6, 6.07) is 0. The molecular formula is C78H132O20. The van der Waals surface area contributed by atoms with Crippen molar-refractivity contribution in [2.45, 2.75) is 333 Å². The largest absolute Gasteiger partial charge is 0.458 e. The Morgan fingerprint density at radius 3 is 1.15 bits per heavy atom.